The number of urea groups is 1. The van der Waals surface area contributed by atoms with Gasteiger partial charge in [0.15, 0.2) is 5.13 Å². The van der Waals surface area contributed by atoms with Crippen molar-refractivity contribution in [2.24, 2.45) is 0 Å². The van der Waals surface area contributed by atoms with Crippen molar-refractivity contribution in [3.05, 3.63) is 23.8 Å². The van der Waals surface area contributed by atoms with Gasteiger partial charge in [-0.15, -0.1) is 11.3 Å². The molecule has 4 rings (SSSR count). The topological polar surface area (TPSA) is 125 Å². The van der Waals surface area contributed by atoms with E-state index in [2.05, 4.69) is 30.9 Å². The fraction of sp³-hybridized carbons (Fsp3) is 0.550. The molecule has 3 N–H and O–H groups in total. The molecule has 14 heteroatoms. The second-order valence-corrected chi connectivity index (χ2v) is 8.97. The fourth-order valence-corrected chi connectivity index (χ4v) is 4.37. The van der Waals surface area contributed by atoms with E-state index in [1.165, 1.54) is 36.8 Å². The predicted octanol–water partition coefficient (Wildman–Crippen LogP) is 2.61. The average molecular weight is 497 g/mol. The number of aromatic nitrogens is 3. The first-order valence-electron chi connectivity index (χ1n) is 10.9. The van der Waals surface area contributed by atoms with Gasteiger partial charge in [-0.25, -0.2) is 28.3 Å². The minimum absolute atomic E-state index is 0.00554. The number of nitrogens with one attached hydrogen (secondary N) is 3. The van der Waals surface area contributed by atoms with Crippen molar-refractivity contribution in [3.8, 4) is 0 Å². The van der Waals surface area contributed by atoms with E-state index in [1.807, 2.05) is 0 Å². The number of amides is 3. The molecule has 1 atom stereocenters. The van der Waals surface area contributed by atoms with Gasteiger partial charge < -0.3 is 19.9 Å². The third-order valence-corrected chi connectivity index (χ3v) is 6.43. The number of hydrogen-bond acceptors (Lipinski definition) is 9. The van der Waals surface area contributed by atoms with Crippen LogP contribution < -0.4 is 20.9 Å². The average Bonchev–Trinajstić information content (AvgIpc) is 3.32. The molecule has 11 nitrogen and oxygen atoms in total. The number of piperidine rings is 2. The number of carbonyl (C=O) groups excluding carboxylic acids is 2. The molecule has 0 radical (unpaired) electrons. The van der Waals surface area contributed by atoms with Crippen LogP contribution in [-0.2, 0) is 4.74 Å². The molecule has 0 bridgehead atoms. The number of alkyl halides is 2. The first-order chi connectivity index (χ1) is 16.3. The van der Waals surface area contributed by atoms with Crippen molar-refractivity contribution in [3.63, 3.8) is 0 Å². The zero-order valence-corrected chi connectivity index (χ0v) is 19.4. The first-order valence-corrected chi connectivity index (χ1v) is 11.8. The molecule has 184 valence electrons. The maximum absolute atomic E-state index is 14.7. The molecule has 2 fully saturated rings. The van der Waals surface area contributed by atoms with Crippen LogP contribution in [0, 0.1) is 0 Å². The Kier molecular flexibility index (Phi) is 7.36. The molecule has 3 amide bonds. The van der Waals surface area contributed by atoms with Crippen molar-refractivity contribution in [1.82, 2.24) is 25.2 Å². The van der Waals surface area contributed by atoms with Gasteiger partial charge in [0.2, 0.25) is 5.95 Å². The lowest BCUT2D eigenvalue weighted by molar-refractivity contribution is -0.0760. The van der Waals surface area contributed by atoms with Gasteiger partial charge in [0.05, 0.1) is 0 Å². The number of ether oxygens (including phenoxy) is 1. The quantitative estimate of drug-likeness (QED) is 0.577. The third kappa shape index (κ3) is 5.86. The van der Waals surface area contributed by atoms with Crippen molar-refractivity contribution < 1.29 is 23.1 Å². The Morgan fingerprint density at radius 2 is 2.06 bits per heavy atom. The van der Waals surface area contributed by atoms with Crippen LogP contribution in [-0.4, -0.2) is 83.3 Å². The zero-order valence-electron chi connectivity index (χ0n) is 18.5. The molecule has 2 saturated heterocycles. The number of carbonyl (C=O) groups is 2. The Labute approximate surface area is 198 Å². The van der Waals surface area contributed by atoms with E-state index >= 15 is 0 Å². The fourth-order valence-electron chi connectivity index (χ4n) is 3.85. The van der Waals surface area contributed by atoms with Crippen LogP contribution in [0.3, 0.4) is 0 Å². The number of hydrogen-bond donors (Lipinski definition) is 3. The smallest absolute Gasteiger partial charge is 0.413 e. The summed E-state index contributed by atoms with van der Waals surface area (Å²) in [4.78, 5) is 39.7. The van der Waals surface area contributed by atoms with Crippen LogP contribution in [0.5, 0.6) is 0 Å². The van der Waals surface area contributed by atoms with E-state index in [1.54, 1.807) is 10.3 Å². The van der Waals surface area contributed by atoms with Gasteiger partial charge in [0.1, 0.15) is 18.0 Å². The molecule has 0 aromatic carbocycles. The molecule has 2 aromatic heterocycles. The van der Waals surface area contributed by atoms with E-state index in [4.69, 9.17) is 4.74 Å². The van der Waals surface area contributed by atoms with Gasteiger partial charge in [0.25, 0.3) is 5.92 Å². The zero-order chi connectivity index (χ0) is 24.1. The Balaban J connectivity index is 1.40. The summed E-state index contributed by atoms with van der Waals surface area (Å²) in [6, 6.07) is -0.596. The molecule has 0 spiro atoms. The number of rotatable bonds is 5. The summed E-state index contributed by atoms with van der Waals surface area (Å²) in [5.74, 6) is -2.72. The highest BCUT2D eigenvalue weighted by Gasteiger charge is 2.48. The molecule has 2 aromatic rings. The van der Waals surface area contributed by atoms with Gasteiger partial charge >= 0.3 is 12.1 Å². The monoisotopic (exact) mass is 496 g/mol. The summed E-state index contributed by atoms with van der Waals surface area (Å²) < 4.78 is 34.9. The summed E-state index contributed by atoms with van der Waals surface area (Å²) >= 11 is 1.19. The van der Waals surface area contributed by atoms with E-state index in [0.717, 1.165) is 30.8 Å². The molecule has 0 saturated carbocycles. The van der Waals surface area contributed by atoms with Gasteiger partial charge in [-0.3, -0.25) is 10.6 Å². The third-order valence-electron chi connectivity index (χ3n) is 5.75. The Morgan fingerprint density at radius 1 is 1.26 bits per heavy atom. The van der Waals surface area contributed by atoms with E-state index < -0.39 is 30.5 Å². The molecular formula is C20H26F2N8O3S. The molecule has 0 aliphatic carbocycles. The number of nitrogens with zero attached hydrogens (tertiary/aromatic N) is 5. The lowest BCUT2D eigenvalue weighted by atomic mass is 10.00. The van der Waals surface area contributed by atoms with Crippen LogP contribution in [0.2, 0.25) is 0 Å². The van der Waals surface area contributed by atoms with Gasteiger partial charge in [0, 0.05) is 44.3 Å². The van der Waals surface area contributed by atoms with Crippen LogP contribution in [0.25, 0.3) is 0 Å². The minimum atomic E-state index is -3.10. The second-order valence-electron chi connectivity index (χ2n) is 8.07. The summed E-state index contributed by atoms with van der Waals surface area (Å²) in [5.41, 5.74) is 0. The molecule has 2 aliphatic heterocycles. The summed E-state index contributed by atoms with van der Waals surface area (Å²) in [5, 5.41) is 10.3. The number of likely N-dealkylation sites (N-methyl/N-ethyl adjacent to an activating group) is 1. The van der Waals surface area contributed by atoms with Gasteiger partial charge in [-0.1, -0.05) is 0 Å². The minimum Gasteiger partial charge on any atom is -0.446 e. The highest BCUT2D eigenvalue weighted by molar-refractivity contribution is 7.13. The van der Waals surface area contributed by atoms with Gasteiger partial charge in [-0.2, -0.15) is 4.98 Å². The predicted molar refractivity (Wildman–Crippen MR) is 122 cm³/mol. The summed E-state index contributed by atoms with van der Waals surface area (Å²) in [6.07, 6.45) is 3.13. The van der Waals surface area contributed by atoms with Crippen LogP contribution in [0.1, 0.15) is 19.3 Å². The summed E-state index contributed by atoms with van der Waals surface area (Å²) in [6.45, 7) is 1.38. The Morgan fingerprint density at radius 3 is 2.79 bits per heavy atom. The first kappa shape index (κ1) is 24.0. The molecule has 4 heterocycles. The molecular weight excluding hydrogens is 470 g/mol. The Hall–Kier alpha value is -3.13. The van der Waals surface area contributed by atoms with E-state index in [0.29, 0.717) is 5.13 Å². The number of halogens is 2. The normalized spacial score (nSPS) is 20.4. The maximum atomic E-state index is 14.7. The SMILES string of the molecule is CN(C(=O)Nc1nccs1)C1CN(c2nccc(NC(=O)OC3CCNCC3)n2)CCC1(F)F. The Bertz CT molecular complexity index is 990. The van der Waals surface area contributed by atoms with Crippen LogP contribution in [0.15, 0.2) is 23.8 Å². The number of thiazole rings is 1. The molecule has 2 aliphatic rings. The number of anilines is 3. The molecule has 34 heavy (non-hydrogen) atoms. The highest BCUT2D eigenvalue weighted by atomic mass is 32.1. The maximum Gasteiger partial charge on any atom is 0.413 e. The molecule has 1 unspecified atom stereocenters. The standard InChI is InChI=1S/C20H26F2N8O3S/c1-29(18(31)28-17-25-9-11-34-17)14-12-30(10-5-20(14,21)22)16-24-8-4-15(26-16)27-19(32)33-13-2-6-23-7-3-13/h4,8-9,11,13-14,23H,2-3,5-7,10,12H2,1H3,(H,25,28,31)(H,24,26,27,32). The highest BCUT2D eigenvalue weighted by Crippen LogP contribution is 2.33. The second kappa shape index (κ2) is 10.4. The lowest BCUT2D eigenvalue weighted by Crippen LogP contribution is -2.60. The summed E-state index contributed by atoms with van der Waals surface area (Å²) in [7, 11) is 1.32. The van der Waals surface area contributed by atoms with Gasteiger partial charge in [-0.05, 0) is 32.0 Å². The largest absolute Gasteiger partial charge is 0.446 e. The van der Waals surface area contributed by atoms with E-state index in [-0.39, 0.29) is 31.0 Å². The van der Waals surface area contributed by atoms with Crippen molar-refractivity contribution in [2.75, 3.05) is 48.8 Å². The van der Waals surface area contributed by atoms with Crippen LogP contribution in [0.4, 0.5) is 35.3 Å². The van der Waals surface area contributed by atoms with Crippen molar-refractivity contribution in [1.29, 1.82) is 0 Å². The van der Waals surface area contributed by atoms with Crippen LogP contribution >= 0.6 is 11.3 Å². The van der Waals surface area contributed by atoms with E-state index in [9.17, 15) is 18.4 Å². The van der Waals surface area contributed by atoms with Crippen molar-refractivity contribution in [2.45, 2.75) is 37.3 Å². The lowest BCUT2D eigenvalue weighted by Gasteiger charge is -2.42. The van der Waals surface area contributed by atoms with Crippen molar-refractivity contribution >= 4 is 40.4 Å².